The lowest BCUT2D eigenvalue weighted by Gasteiger charge is -2.29. The van der Waals surface area contributed by atoms with E-state index >= 15 is 0 Å². The molecular formula is C10H19F2NO3S. The smallest absolute Gasteiger partial charge is 0.252 e. The van der Waals surface area contributed by atoms with Crippen molar-refractivity contribution in [3.05, 3.63) is 0 Å². The van der Waals surface area contributed by atoms with Gasteiger partial charge in [-0.25, -0.2) is 17.2 Å². The largest absolute Gasteiger partial charge is 0.395 e. The van der Waals surface area contributed by atoms with E-state index in [0.717, 1.165) is 23.6 Å². The maximum absolute atomic E-state index is 12.3. The molecule has 0 bridgehead atoms. The maximum Gasteiger partial charge on any atom is 0.252 e. The van der Waals surface area contributed by atoms with Crippen molar-refractivity contribution in [2.45, 2.75) is 43.8 Å². The van der Waals surface area contributed by atoms with Crippen molar-refractivity contribution in [2.24, 2.45) is 0 Å². The standard InChI is InChI=1S/C10H19F2NO3S/c11-10(12)8-13(6-7-14)17(15,16)9-4-2-1-3-5-9/h9-10,14H,1-8H2. The fraction of sp³-hybridized carbons (Fsp3) is 1.00. The summed E-state index contributed by atoms with van der Waals surface area (Å²) in [6.45, 7) is -1.50. The first-order valence-corrected chi connectivity index (χ1v) is 7.36. The van der Waals surface area contributed by atoms with Crippen LogP contribution >= 0.6 is 0 Å². The topological polar surface area (TPSA) is 57.6 Å². The molecule has 1 fully saturated rings. The molecule has 7 heteroatoms. The predicted molar refractivity (Wildman–Crippen MR) is 60.5 cm³/mol. The molecule has 4 nitrogen and oxygen atoms in total. The van der Waals surface area contributed by atoms with Gasteiger partial charge in [-0.3, -0.25) is 0 Å². The number of hydrogen-bond acceptors (Lipinski definition) is 3. The van der Waals surface area contributed by atoms with Gasteiger partial charge >= 0.3 is 0 Å². The summed E-state index contributed by atoms with van der Waals surface area (Å²) in [6.07, 6.45) is 1.01. The van der Waals surface area contributed by atoms with E-state index < -0.39 is 34.9 Å². The summed E-state index contributed by atoms with van der Waals surface area (Å²) in [5.74, 6) is 0. The second-order valence-corrected chi connectivity index (χ2v) is 6.49. The Labute approximate surface area is 101 Å². The van der Waals surface area contributed by atoms with Crippen LogP contribution in [0.3, 0.4) is 0 Å². The van der Waals surface area contributed by atoms with E-state index in [1.165, 1.54) is 0 Å². The zero-order valence-corrected chi connectivity index (χ0v) is 10.5. The van der Waals surface area contributed by atoms with E-state index in [9.17, 15) is 17.2 Å². The van der Waals surface area contributed by atoms with Crippen LogP contribution in [-0.2, 0) is 10.0 Å². The van der Waals surface area contributed by atoms with Gasteiger partial charge in [0.2, 0.25) is 10.0 Å². The Morgan fingerprint density at radius 1 is 1.24 bits per heavy atom. The van der Waals surface area contributed by atoms with E-state index in [1.807, 2.05) is 0 Å². The molecule has 0 unspecified atom stereocenters. The van der Waals surface area contributed by atoms with Crippen LogP contribution in [0.15, 0.2) is 0 Å². The lowest BCUT2D eigenvalue weighted by Crippen LogP contribution is -2.43. The van der Waals surface area contributed by atoms with Crippen LogP contribution in [0.1, 0.15) is 32.1 Å². The lowest BCUT2D eigenvalue weighted by atomic mass is 10.0. The minimum Gasteiger partial charge on any atom is -0.395 e. The van der Waals surface area contributed by atoms with Crippen LogP contribution in [0.5, 0.6) is 0 Å². The van der Waals surface area contributed by atoms with E-state index in [-0.39, 0.29) is 6.54 Å². The average Bonchev–Trinajstić information content (AvgIpc) is 2.29. The number of alkyl halides is 2. The van der Waals surface area contributed by atoms with Crippen LogP contribution in [0.25, 0.3) is 0 Å². The van der Waals surface area contributed by atoms with Crippen LogP contribution < -0.4 is 0 Å². The van der Waals surface area contributed by atoms with Crippen molar-refractivity contribution in [3.8, 4) is 0 Å². The highest BCUT2D eigenvalue weighted by molar-refractivity contribution is 7.89. The molecule has 0 radical (unpaired) electrons. The Morgan fingerprint density at radius 3 is 2.29 bits per heavy atom. The molecule has 0 aromatic carbocycles. The normalized spacial score (nSPS) is 19.1. The molecule has 1 saturated carbocycles. The highest BCUT2D eigenvalue weighted by Crippen LogP contribution is 2.26. The molecule has 0 aliphatic heterocycles. The molecule has 1 rings (SSSR count). The number of halogens is 2. The minimum atomic E-state index is -3.69. The Bertz CT molecular complexity index is 316. The zero-order chi connectivity index (χ0) is 12.9. The van der Waals surface area contributed by atoms with Gasteiger partial charge in [0.1, 0.15) is 0 Å². The van der Waals surface area contributed by atoms with Gasteiger partial charge in [0.05, 0.1) is 18.4 Å². The van der Waals surface area contributed by atoms with E-state index in [2.05, 4.69) is 0 Å². The highest BCUT2D eigenvalue weighted by Gasteiger charge is 2.33. The zero-order valence-electron chi connectivity index (χ0n) is 9.69. The number of aliphatic hydroxyl groups is 1. The van der Waals surface area contributed by atoms with Gasteiger partial charge in [0.25, 0.3) is 6.43 Å². The average molecular weight is 271 g/mol. The summed E-state index contributed by atoms with van der Waals surface area (Å²) in [4.78, 5) is 0. The number of aliphatic hydroxyl groups excluding tert-OH is 1. The van der Waals surface area contributed by atoms with E-state index in [4.69, 9.17) is 5.11 Å². The van der Waals surface area contributed by atoms with E-state index in [1.54, 1.807) is 0 Å². The molecule has 0 spiro atoms. The third kappa shape index (κ3) is 4.15. The second-order valence-electron chi connectivity index (χ2n) is 4.28. The minimum absolute atomic E-state index is 0.247. The summed E-state index contributed by atoms with van der Waals surface area (Å²) in [5.41, 5.74) is 0. The van der Waals surface area contributed by atoms with Gasteiger partial charge in [0, 0.05) is 6.54 Å². The quantitative estimate of drug-likeness (QED) is 0.790. The van der Waals surface area contributed by atoms with Gasteiger partial charge in [-0.05, 0) is 12.8 Å². The van der Waals surface area contributed by atoms with Crippen molar-refractivity contribution >= 4 is 10.0 Å². The molecule has 1 aliphatic rings. The van der Waals surface area contributed by atoms with Crippen molar-refractivity contribution in [3.63, 3.8) is 0 Å². The first kappa shape index (κ1) is 14.8. The Hall–Kier alpha value is -0.270. The molecular weight excluding hydrogens is 252 g/mol. The van der Waals surface area contributed by atoms with Crippen LogP contribution in [0.4, 0.5) is 8.78 Å². The first-order chi connectivity index (χ1) is 7.98. The number of hydrogen-bond donors (Lipinski definition) is 1. The van der Waals surface area contributed by atoms with Gasteiger partial charge in [-0.2, -0.15) is 4.31 Å². The molecule has 0 aromatic heterocycles. The van der Waals surface area contributed by atoms with Crippen LogP contribution in [-0.4, -0.2) is 49.2 Å². The van der Waals surface area contributed by atoms with Gasteiger partial charge < -0.3 is 5.11 Å². The van der Waals surface area contributed by atoms with Crippen molar-refractivity contribution in [1.29, 1.82) is 0 Å². The molecule has 1 N–H and O–H groups in total. The summed E-state index contributed by atoms with van der Waals surface area (Å²) >= 11 is 0. The summed E-state index contributed by atoms with van der Waals surface area (Å²) in [7, 11) is -3.69. The predicted octanol–water partition coefficient (Wildman–Crippen LogP) is 1.21. The Kier molecular flexibility index (Phi) is 5.75. The molecule has 0 aromatic rings. The molecule has 0 amide bonds. The number of sulfonamides is 1. The monoisotopic (exact) mass is 271 g/mol. The highest BCUT2D eigenvalue weighted by atomic mass is 32.2. The molecule has 0 heterocycles. The summed E-state index contributed by atoms with van der Waals surface area (Å²) in [5, 5.41) is 8.21. The fourth-order valence-corrected chi connectivity index (χ4v) is 4.17. The van der Waals surface area contributed by atoms with E-state index in [0.29, 0.717) is 12.8 Å². The van der Waals surface area contributed by atoms with Gasteiger partial charge in [-0.1, -0.05) is 19.3 Å². The summed E-state index contributed by atoms with van der Waals surface area (Å²) in [6, 6.07) is 0. The molecule has 1 aliphatic carbocycles. The lowest BCUT2D eigenvalue weighted by molar-refractivity contribution is 0.112. The summed E-state index contributed by atoms with van der Waals surface area (Å²) < 4.78 is 49.6. The SMILES string of the molecule is O=S(=O)(C1CCCCC1)N(CCO)CC(F)F. The Morgan fingerprint density at radius 2 is 1.82 bits per heavy atom. The molecule has 0 atom stereocenters. The van der Waals surface area contributed by atoms with Crippen molar-refractivity contribution in [1.82, 2.24) is 4.31 Å². The van der Waals surface area contributed by atoms with Crippen molar-refractivity contribution < 1.29 is 22.3 Å². The first-order valence-electron chi connectivity index (χ1n) is 5.86. The molecule has 102 valence electrons. The van der Waals surface area contributed by atoms with Crippen LogP contribution in [0.2, 0.25) is 0 Å². The number of rotatable bonds is 6. The van der Waals surface area contributed by atoms with Gasteiger partial charge in [0.15, 0.2) is 0 Å². The second kappa shape index (κ2) is 6.61. The van der Waals surface area contributed by atoms with Crippen LogP contribution in [0, 0.1) is 0 Å². The third-order valence-corrected chi connectivity index (χ3v) is 5.39. The van der Waals surface area contributed by atoms with Gasteiger partial charge in [-0.15, -0.1) is 0 Å². The van der Waals surface area contributed by atoms with Crippen molar-refractivity contribution in [2.75, 3.05) is 19.7 Å². The maximum atomic E-state index is 12.3. The fourth-order valence-electron chi connectivity index (χ4n) is 2.16. The molecule has 0 saturated heterocycles. The Balaban J connectivity index is 2.74. The third-order valence-electron chi connectivity index (χ3n) is 3.02. The molecule has 17 heavy (non-hydrogen) atoms. The number of nitrogens with zero attached hydrogens (tertiary/aromatic N) is 1.